The van der Waals surface area contributed by atoms with Crippen molar-refractivity contribution in [2.75, 3.05) is 13.1 Å². The van der Waals surface area contributed by atoms with Gasteiger partial charge >= 0.3 is 13.3 Å². The van der Waals surface area contributed by atoms with Crippen molar-refractivity contribution in [3.8, 4) is 0 Å². The molecule has 0 radical (unpaired) electrons. The zero-order chi connectivity index (χ0) is 28.8. The Morgan fingerprint density at radius 2 is 1.82 bits per heavy atom. The highest BCUT2D eigenvalue weighted by Crippen LogP contribution is 2.59. The van der Waals surface area contributed by atoms with Crippen molar-refractivity contribution in [2.45, 2.75) is 50.5 Å². The van der Waals surface area contributed by atoms with E-state index >= 15 is 0 Å². The van der Waals surface area contributed by atoms with Gasteiger partial charge in [-0.05, 0) is 55.5 Å². The van der Waals surface area contributed by atoms with Gasteiger partial charge in [-0.15, -0.1) is 0 Å². The van der Waals surface area contributed by atoms with Crippen molar-refractivity contribution < 1.29 is 37.5 Å². The smallest absolute Gasteiger partial charge is 0.351 e. The van der Waals surface area contributed by atoms with E-state index < -0.39 is 42.7 Å². The summed E-state index contributed by atoms with van der Waals surface area (Å²) in [4.78, 5) is 63.6. The Hall–Kier alpha value is -3.60. The Kier molecular flexibility index (Phi) is 7.28. The van der Waals surface area contributed by atoms with Gasteiger partial charge in [0.05, 0.1) is 0 Å². The van der Waals surface area contributed by atoms with Crippen molar-refractivity contribution >= 4 is 36.2 Å². The van der Waals surface area contributed by atoms with Gasteiger partial charge in [-0.25, -0.2) is 0 Å². The second-order valence-corrected chi connectivity index (χ2v) is 11.9. The minimum Gasteiger partial charge on any atom is -0.351 e. The van der Waals surface area contributed by atoms with E-state index in [9.17, 15) is 27.7 Å². The Bertz CT molecular complexity index is 1540. The molecule has 2 aromatic carbocycles. The molecule has 212 valence electrons. The number of amides is 3. The van der Waals surface area contributed by atoms with Gasteiger partial charge in [-0.2, -0.15) is 8.78 Å². The molecule has 0 saturated carbocycles. The first-order chi connectivity index (χ1) is 18.9. The van der Waals surface area contributed by atoms with Gasteiger partial charge in [0.2, 0.25) is 11.8 Å². The highest BCUT2D eigenvalue weighted by atomic mass is 31.2. The molecule has 1 fully saturated rings. The van der Waals surface area contributed by atoms with Crippen LogP contribution in [0.15, 0.2) is 48.5 Å². The van der Waals surface area contributed by atoms with Crippen LogP contribution in [0.25, 0.3) is 10.9 Å². The first kappa shape index (κ1) is 27.9. The van der Waals surface area contributed by atoms with E-state index in [1.165, 1.54) is 29.5 Å². The van der Waals surface area contributed by atoms with Crippen molar-refractivity contribution in [1.82, 2.24) is 20.1 Å². The van der Waals surface area contributed by atoms with E-state index in [1.807, 2.05) is 18.2 Å². The van der Waals surface area contributed by atoms with E-state index in [0.717, 1.165) is 24.1 Å². The maximum absolute atomic E-state index is 14.1. The first-order valence-electron chi connectivity index (χ1n) is 12.9. The lowest BCUT2D eigenvalue weighted by Crippen LogP contribution is -2.53. The number of hydrogen-bond acceptors (Lipinski definition) is 4. The number of likely N-dealkylation sites (tertiary alicyclic amines) is 1. The molecule has 1 aromatic heterocycles. The van der Waals surface area contributed by atoms with Gasteiger partial charge in [0.15, 0.2) is 0 Å². The number of halogens is 2. The number of H-pyrrole nitrogens is 1. The van der Waals surface area contributed by atoms with Gasteiger partial charge in [-0.1, -0.05) is 30.3 Å². The van der Waals surface area contributed by atoms with Crippen molar-refractivity contribution in [3.63, 3.8) is 0 Å². The summed E-state index contributed by atoms with van der Waals surface area (Å²) in [5.41, 5.74) is -2.69. The number of nitrogens with zero attached hydrogens (tertiary/aromatic N) is 2. The molecule has 5 rings (SSSR count). The number of aromatic nitrogens is 1. The summed E-state index contributed by atoms with van der Waals surface area (Å²) in [5, 5.41) is 2.74. The number of hydrogen-bond donors (Lipinski definition) is 4. The van der Waals surface area contributed by atoms with Crippen LogP contribution in [-0.4, -0.2) is 67.5 Å². The van der Waals surface area contributed by atoms with Gasteiger partial charge in [0.25, 0.3) is 5.91 Å². The topological polar surface area (TPSA) is 143 Å². The zero-order valence-corrected chi connectivity index (χ0v) is 22.5. The highest BCUT2D eigenvalue weighted by molar-refractivity contribution is 7.52. The summed E-state index contributed by atoms with van der Waals surface area (Å²) in [6, 6.07) is 10.6. The Labute approximate surface area is 228 Å². The fraction of sp³-hybridized carbons (Fsp3) is 0.370. The second-order valence-electron chi connectivity index (χ2n) is 10.2. The molecule has 3 amide bonds. The van der Waals surface area contributed by atoms with Crippen molar-refractivity contribution in [3.05, 3.63) is 70.9 Å². The quantitative estimate of drug-likeness (QED) is 0.334. The van der Waals surface area contributed by atoms with Crippen LogP contribution < -0.4 is 5.32 Å². The van der Waals surface area contributed by atoms with Gasteiger partial charge in [0.1, 0.15) is 17.8 Å². The third kappa shape index (κ3) is 5.14. The minimum atomic E-state index is -5.75. The number of rotatable bonds is 6. The molecular formula is C27H29F2N4O6P. The molecule has 2 aliphatic rings. The number of carbonyl (C=O) groups excluding carboxylic acids is 3. The van der Waals surface area contributed by atoms with Crippen molar-refractivity contribution in [1.29, 1.82) is 0 Å². The lowest BCUT2D eigenvalue weighted by atomic mass is 9.99. The third-order valence-electron chi connectivity index (χ3n) is 7.56. The van der Waals surface area contributed by atoms with E-state index in [4.69, 9.17) is 9.79 Å². The SMILES string of the molecule is CC(NC(=O)c1cc2cc(C(F)(F)P(=O)(O)O)ccc2[nH]1)C(=O)N1CCC[C@H]1C(=O)N1CCc2ccccc2C1. The van der Waals surface area contributed by atoms with Gasteiger partial charge < -0.3 is 29.9 Å². The Balaban J connectivity index is 1.26. The van der Waals surface area contributed by atoms with Gasteiger partial charge in [-0.3, -0.25) is 18.9 Å². The lowest BCUT2D eigenvalue weighted by molar-refractivity contribution is -0.145. The molecular weight excluding hydrogens is 545 g/mol. The predicted molar refractivity (Wildman–Crippen MR) is 141 cm³/mol. The number of benzene rings is 2. The summed E-state index contributed by atoms with van der Waals surface area (Å²) in [5.74, 6) is -1.19. The monoisotopic (exact) mass is 574 g/mol. The number of aromatic amines is 1. The summed E-state index contributed by atoms with van der Waals surface area (Å²) in [6.45, 7) is 2.96. The van der Waals surface area contributed by atoms with Crippen LogP contribution in [0.1, 0.15) is 46.9 Å². The van der Waals surface area contributed by atoms with E-state index in [1.54, 1.807) is 4.90 Å². The molecule has 4 N–H and O–H groups in total. The molecule has 0 spiro atoms. The van der Waals surface area contributed by atoms with Crippen LogP contribution in [0.4, 0.5) is 8.78 Å². The molecule has 3 heterocycles. The lowest BCUT2D eigenvalue weighted by Gasteiger charge is -2.34. The van der Waals surface area contributed by atoms with Crippen LogP contribution in [-0.2, 0) is 32.8 Å². The van der Waals surface area contributed by atoms with Crippen molar-refractivity contribution in [2.24, 2.45) is 0 Å². The van der Waals surface area contributed by atoms with E-state index in [-0.39, 0.29) is 17.0 Å². The summed E-state index contributed by atoms with van der Waals surface area (Å²) in [7, 11) is -5.75. The fourth-order valence-electron chi connectivity index (χ4n) is 5.38. The molecule has 3 aromatic rings. The molecule has 2 aliphatic heterocycles. The normalized spacial score (nSPS) is 18.5. The summed E-state index contributed by atoms with van der Waals surface area (Å²) < 4.78 is 39.4. The molecule has 2 atom stereocenters. The first-order valence-corrected chi connectivity index (χ1v) is 14.5. The fourth-order valence-corrected chi connectivity index (χ4v) is 5.85. The van der Waals surface area contributed by atoms with Crippen LogP contribution in [0.5, 0.6) is 0 Å². The maximum atomic E-state index is 14.1. The molecule has 13 heteroatoms. The van der Waals surface area contributed by atoms with Gasteiger partial charge in [0, 0.05) is 36.1 Å². The number of carbonyl (C=O) groups is 3. The Morgan fingerprint density at radius 3 is 2.55 bits per heavy atom. The zero-order valence-electron chi connectivity index (χ0n) is 21.6. The van der Waals surface area contributed by atoms with Crippen LogP contribution in [0.2, 0.25) is 0 Å². The minimum absolute atomic E-state index is 0.0210. The molecule has 10 nitrogen and oxygen atoms in total. The van der Waals surface area contributed by atoms with Crippen LogP contribution in [0, 0.1) is 0 Å². The third-order valence-corrected chi connectivity index (χ3v) is 8.55. The summed E-state index contributed by atoms with van der Waals surface area (Å²) in [6.07, 6.45) is 1.95. The maximum Gasteiger partial charge on any atom is 0.399 e. The molecule has 40 heavy (non-hydrogen) atoms. The second kappa shape index (κ2) is 10.4. The summed E-state index contributed by atoms with van der Waals surface area (Å²) >= 11 is 0. The standard InChI is InChI=1S/C27H29F2N4O6P/c1-16(30-24(34)22-14-19-13-20(8-9-21(19)31-22)27(28,29)40(37,38)39)25(35)33-11-4-7-23(33)26(36)32-12-10-17-5-2-3-6-18(17)15-32/h2-3,5-6,8-9,13-14,16,23,31H,4,7,10-12,15H2,1H3,(H,30,34)(H2,37,38,39)/t16?,23-/m0/s1. The van der Waals surface area contributed by atoms with E-state index in [2.05, 4.69) is 16.4 Å². The van der Waals surface area contributed by atoms with Crippen LogP contribution >= 0.6 is 7.60 Å². The Morgan fingerprint density at radius 1 is 1.10 bits per heavy atom. The van der Waals surface area contributed by atoms with Crippen LogP contribution in [0.3, 0.4) is 0 Å². The number of fused-ring (bicyclic) bond motifs is 2. The number of alkyl halides is 2. The van der Waals surface area contributed by atoms with E-state index in [0.29, 0.717) is 38.0 Å². The molecule has 1 unspecified atom stereocenters. The molecule has 0 aliphatic carbocycles. The molecule has 0 bridgehead atoms. The molecule has 1 saturated heterocycles. The predicted octanol–water partition coefficient (Wildman–Crippen LogP) is 3.09. The average Bonchev–Trinajstić information content (AvgIpc) is 3.58. The average molecular weight is 575 g/mol. The number of nitrogens with one attached hydrogen (secondary N) is 2. The largest absolute Gasteiger partial charge is 0.399 e. The highest BCUT2D eigenvalue weighted by Gasteiger charge is 2.50.